The minimum atomic E-state index is -0.415. The first-order valence-corrected chi connectivity index (χ1v) is 17.3. The summed E-state index contributed by atoms with van der Waals surface area (Å²) >= 11 is 0. The molecule has 0 heterocycles. The fourth-order valence-corrected chi connectivity index (χ4v) is 9.10. The summed E-state index contributed by atoms with van der Waals surface area (Å²) in [4.78, 5) is 2.48. The number of rotatable bonds is 4. The zero-order valence-electron chi connectivity index (χ0n) is 27.1. The van der Waals surface area contributed by atoms with Gasteiger partial charge in [-0.05, 0) is 116 Å². The molecule has 0 N–H and O–H groups in total. The number of benzene rings is 7. The first-order valence-electron chi connectivity index (χ1n) is 17.3. The van der Waals surface area contributed by atoms with E-state index < -0.39 is 5.41 Å². The number of para-hydroxylation sites is 1. The molecular formula is C47H35N. The van der Waals surface area contributed by atoms with Gasteiger partial charge in [0, 0.05) is 16.8 Å². The monoisotopic (exact) mass is 613 g/mol. The molecule has 0 aliphatic heterocycles. The molecule has 0 saturated carbocycles. The molecule has 1 spiro atoms. The van der Waals surface area contributed by atoms with Crippen LogP contribution in [0.1, 0.15) is 47.6 Å². The van der Waals surface area contributed by atoms with Gasteiger partial charge in [-0.3, -0.25) is 0 Å². The Morgan fingerprint density at radius 2 is 1.31 bits per heavy atom. The third-order valence-electron chi connectivity index (χ3n) is 11.1. The molecule has 1 nitrogen and oxygen atoms in total. The van der Waals surface area contributed by atoms with Gasteiger partial charge < -0.3 is 4.90 Å². The molecule has 0 amide bonds. The van der Waals surface area contributed by atoms with E-state index in [1.54, 1.807) is 0 Å². The van der Waals surface area contributed by atoms with E-state index in [1.165, 1.54) is 83.0 Å². The standard InChI is InChI=1S/C47H35N/c1-2-31-24-27-34(28-25-31)48(33-15-4-3-5-16-33)44-30-43-45(39-21-9-8-20-38(39)44)40-29-26-32-14-6-7-17-35(32)46(40)47(43)41-22-12-10-18-36(41)37-19-11-13-23-42(37)47/h3-10,12-18,20-30H,2,11,19H2,1H3. The van der Waals surface area contributed by atoms with Gasteiger partial charge in [0.2, 0.25) is 0 Å². The molecule has 3 aliphatic rings. The lowest BCUT2D eigenvalue weighted by Gasteiger charge is -2.34. The van der Waals surface area contributed by atoms with Crippen molar-refractivity contribution in [3.8, 4) is 11.1 Å². The second-order valence-corrected chi connectivity index (χ2v) is 13.4. The molecule has 0 fully saturated rings. The summed E-state index contributed by atoms with van der Waals surface area (Å²) in [5, 5.41) is 5.20. The van der Waals surface area contributed by atoms with Crippen LogP contribution in [0.15, 0.2) is 163 Å². The van der Waals surface area contributed by atoms with Crippen LogP contribution in [-0.4, -0.2) is 0 Å². The quantitative estimate of drug-likeness (QED) is 0.191. The van der Waals surface area contributed by atoms with Crippen LogP contribution >= 0.6 is 0 Å². The van der Waals surface area contributed by atoms with Gasteiger partial charge in [0.05, 0.1) is 11.1 Å². The van der Waals surface area contributed by atoms with Crippen LogP contribution in [0, 0.1) is 0 Å². The Bertz CT molecular complexity index is 2480. The maximum Gasteiger partial charge on any atom is 0.0729 e. The van der Waals surface area contributed by atoms with Crippen LogP contribution < -0.4 is 4.90 Å². The molecule has 7 aromatic rings. The third kappa shape index (κ3) is 3.62. The fraction of sp³-hybridized carbons (Fsp3) is 0.106. The zero-order valence-corrected chi connectivity index (χ0v) is 27.1. The van der Waals surface area contributed by atoms with E-state index in [2.05, 4.69) is 170 Å². The summed E-state index contributed by atoms with van der Waals surface area (Å²) in [5.41, 5.74) is 15.8. The number of fused-ring (bicyclic) bond motifs is 13. The Kier molecular flexibility index (Phi) is 5.96. The van der Waals surface area contributed by atoms with Crippen molar-refractivity contribution in [1.29, 1.82) is 0 Å². The van der Waals surface area contributed by atoms with E-state index in [4.69, 9.17) is 0 Å². The summed E-state index contributed by atoms with van der Waals surface area (Å²) in [6, 6.07) is 54.7. The Morgan fingerprint density at radius 1 is 0.604 bits per heavy atom. The van der Waals surface area contributed by atoms with Crippen molar-refractivity contribution in [2.45, 2.75) is 31.6 Å². The number of hydrogen-bond donors (Lipinski definition) is 0. The maximum atomic E-state index is 2.56. The Labute approximate surface area is 282 Å². The van der Waals surface area contributed by atoms with Crippen molar-refractivity contribution in [3.63, 3.8) is 0 Å². The van der Waals surface area contributed by atoms with E-state index in [0.29, 0.717) is 0 Å². The predicted molar refractivity (Wildman–Crippen MR) is 203 cm³/mol. The average Bonchev–Trinajstić information content (AvgIpc) is 3.63. The van der Waals surface area contributed by atoms with E-state index in [-0.39, 0.29) is 0 Å². The minimum Gasteiger partial charge on any atom is -0.310 e. The van der Waals surface area contributed by atoms with Gasteiger partial charge in [-0.1, -0.05) is 134 Å². The van der Waals surface area contributed by atoms with Gasteiger partial charge in [-0.25, -0.2) is 0 Å². The normalized spacial score (nSPS) is 17.1. The smallest absolute Gasteiger partial charge is 0.0729 e. The zero-order chi connectivity index (χ0) is 31.8. The van der Waals surface area contributed by atoms with Crippen molar-refractivity contribution in [2.75, 3.05) is 4.90 Å². The molecular weight excluding hydrogens is 579 g/mol. The Hall–Kier alpha value is -5.66. The predicted octanol–water partition coefficient (Wildman–Crippen LogP) is 12.5. The molecule has 0 aromatic heterocycles. The molecule has 10 rings (SSSR count). The molecule has 228 valence electrons. The average molecular weight is 614 g/mol. The highest BCUT2D eigenvalue weighted by Gasteiger charge is 2.54. The van der Waals surface area contributed by atoms with Gasteiger partial charge >= 0.3 is 0 Å². The lowest BCUT2D eigenvalue weighted by Crippen LogP contribution is -2.27. The topological polar surface area (TPSA) is 3.24 Å². The van der Waals surface area contributed by atoms with E-state index in [9.17, 15) is 0 Å². The molecule has 1 unspecified atom stereocenters. The van der Waals surface area contributed by atoms with Crippen molar-refractivity contribution in [2.24, 2.45) is 0 Å². The second kappa shape index (κ2) is 10.4. The van der Waals surface area contributed by atoms with Crippen LogP contribution in [0.5, 0.6) is 0 Å². The molecule has 1 heteroatoms. The lowest BCUT2D eigenvalue weighted by atomic mass is 9.67. The fourth-order valence-electron chi connectivity index (χ4n) is 9.10. The molecule has 0 radical (unpaired) electrons. The summed E-state index contributed by atoms with van der Waals surface area (Å²) < 4.78 is 0. The first-order chi connectivity index (χ1) is 23.8. The minimum absolute atomic E-state index is 0.415. The molecule has 3 aliphatic carbocycles. The van der Waals surface area contributed by atoms with E-state index >= 15 is 0 Å². The summed E-state index contributed by atoms with van der Waals surface area (Å²) in [6.07, 6.45) is 8.04. The van der Waals surface area contributed by atoms with E-state index in [1.807, 2.05) is 0 Å². The van der Waals surface area contributed by atoms with Crippen molar-refractivity contribution >= 4 is 44.2 Å². The maximum absolute atomic E-state index is 2.56. The highest BCUT2D eigenvalue weighted by molar-refractivity contribution is 6.14. The Morgan fingerprint density at radius 3 is 2.15 bits per heavy atom. The molecule has 1 atom stereocenters. The lowest BCUT2D eigenvalue weighted by molar-refractivity contribution is 0.788. The van der Waals surface area contributed by atoms with Gasteiger partial charge in [-0.2, -0.15) is 0 Å². The van der Waals surface area contributed by atoms with Gasteiger partial charge in [-0.15, -0.1) is 0 Å². The number of allylic oxidation sites excluding steroid dienone is 4. The highest BCUT2D eigenvalue weighted by atomic mass is 15.1. The van der Waals surface area contributed by atoms with Crippen LogP contribution in [0.3, 0.4) is 0 Å². The van der Waals surface area contributed by atoms with Crippen LogP contribution in [-0.2, 0) is 11.8 Å². The molecule has 0 saturated heterocycles. The summed E-state index contributed by atoms with van der Waals surface area (Å²) in [5.74, 6) is 0. The van der Waals surface area contributed by atoms with Crippen LogP contribution in [0.2, 0.25) is 0 Å². The SMILES string of the molecule is CCc1ccc(N(c2ccccc2)c2cc3c(c4ccccc24)-c2ccc4ccccc4c2C32C3=C(CCC=C3)c3ccccc32)cc1. The number of anilines is 3. The third-order valence-corrected chi connectivity index (χ3v) is 11.1. The number of hydrogen-bond acceptors (Lipinski definition) is 1. The largest absolute Gasteiger partial charge is 0.310 e. The van der Waals surface area contributed by atoms with Crippen molar-refractivity contribution in [3.05, 3.63) is 191 Å². The molecule has 48 heavy (non-hydrogen) atoms. The van der Waals surface area contributed by atoms with Gasteiger partial charge in [0.25, 0.3) is 0 Å². The first kappa shape index (κ1) is 27.5. The Balaban J connectivity index is 1.39. The highest BCUT2D eigenvalue weighted by Crippen LogP contribution is 2.66. The molecule has 0 bridgehead atoms. The van der Waals surface area contributed by atoms with Crippen LogP contribution in [0.25, 0.3) is 38.2 Å². The van der Waals surface area contributed by atoms with Gasteiger partial charge in [0.1, 0.15) is 0 Å². The summed E-state index contributed by atoms with van der Waals surface area (Å²) in [6.45, 7) is 2.22. The number of nitrogens with zero attached hydrogens (tertiary/aromatic N) is 1. The van der Waals surface area contributed by atoms with Crippen molar-refractivity contribution in [1.82, 2.24) is 0 Å². The second-order valence-electron chi connectivity index (χ2n) is 13.4. The molecule has 7 aromatic carbocycles. The van der Waals surface area contributed by atoms with Gasteiger partial charge in [0.15, 0.2) is 0 Å². The number of aryl methyl sites for hydroxylation is 1. The van der Waals surface area contributed by atoms with E-state index in [0.717, 1.165) is 24.9 Å². The van der Waals surface area contributed by atoms with Crippen molar-refractivity contribution < 1.29 is 0 Å². The summed E-state index contributed by atoms with van der Waals surface area (Å²) in [7, 11) is 0. The van der Waals surface area contributed by atoms with Crippen LogP contribution in [0.4, 0.5) is 17.1 Å².